The predicted octanol–water partition coefficient (Wildman–Crippen LogP) is 5.39. The first-order chi connectivity index (χ1) is 18.7. The van der Waals surface area contributed by atoms with Crippen LogP contribution in [-0.4, -0.2) is 59.6 Å². The highest BCUT2D eigenvalue weighted by Crippen LogP contribution is 2.28. The molecule has 1 aromatic rings. The summed E-state index contributed by atoms with van der Waals surface area (Å²) in [5, 5.41) is 5.61. The second-order valence-corrected chi connectivity index (χ2v) is 12.1. The molecule has 0 fully saturated rings. The number of hydrogen-bond acceptors (Lipinski definition) is 6. The van der Waals surface area contributed by atoms with Gasteiger partial charge in [-0.25, -0.2) is 4.79 Å². The van der Waals surface area contributed by atoms with Gasteiger partial charge in [0.1, 0.15) is 17.7 Å². The summed E-state index contributed by atoms with van der Waals surface area (Å²) in [4.78, 5) is 54.3. The molecule has 0 aliphatic heterocycles. The van der Waals surface area contributed by atoms with Crippen LogP contribution in [0.15, 0.2) is 30.3 Å². The van der Waals surface area contributed by atoms with Gasteiger partial charge in [0.05, 0.1) is 13.0 Å². The minimum Gasteiger partial charge on any atom is -0.466 e. The molecule has 0 aliphatic rings. The molecule has 1 aromatic carbocycles. The molecule has 226 valence electrons. The van der Waals surface area contributed by atoms with Crippen molar-refractivity contribution in [3.8, 4) is 0 Å². The molecule has 0 aromatic heterocycles. The minimum atomic E-state index is -0.965. The van der Waals surface area contributed by atoms with Crippen LogP contribution in [0.3, 0.4) is 0 Å². The molecule has 40 heavy (non-hydrogen) atoms. The van der Waals surface area contributed by atoms with E-state index >= 15 is 0 Å². The lowest BCUT2D eigenvalue weighted by Crippen LogP contribution is -2.56. The van der Waals surface area contributed by atoms with Gasteiger partial charge in [-0.1, -0.05) is 58.0 Å². The van der Waals surface area contributed by atoms with E-state index in [2.05, 4.69) is 24.5 Å². The number of alkyl carbamates (subject to hydrolysis) is 1. The van der Waals surface area contributed by atoms with Crippen LogP contribution in [0.25, 0.3) is 0 Å². The van der Waals surface area contributed by atoms with Crippen molar-refractivity contribution in [2.45, 2.75) is 112 Å². The number of rotatable bonds is 15. The number of hydrogen-bond donors (Lipinski definition) is 2. The van der Waals surface area contributed by atoms with E-state index in [-0.39, 0.29) is 37.4 Å². The summed E-state index contributed by atoms with van der Waals surface area (Å²) in [7, 11) is 0. The number of nitrogens with zero attached hydrogens (tertiary/aromatic N) is 1. The zero-order chi connectivity index (χ0) is 30.5. The van der Waals surface area contributed by atoms with Gasteiger partial charge in [-0.3, -0.25) is 14.4 Å². The molecule has 9 nitrogen and oxygen atoms in total. The van der Waals surface area contributed by atoms with Gasteiger partial charge in [-0.05, 0) is 71.3 Å². The first kappa shape index (κ1) is 34.9. The number of carbonyl (C=O) groups is 4. The average Bonchev–Trinajstić information content (AvgIpc) is 2.84. The molecular formula is C31H51N3O6. The molecule has 3 amide bonds. The number of amides is 3. The van der Waals surface area contributed by atoms with Gasteiger partial charge >= 0.3 is 12.1 Å². The fourth-order valence-corrected chi connectivity index (χ4v) is 4.33. The number of benzene rings is 1. The molecule has 3 unspecified atom stereocenters. The first-order valence-corrected chi connectivity index (χ1v) is 14.5. The maximum Gasteiger partial charge on any atom is 0.408 e. The normalized spacial score (nSPS) is 13.8. The summed E-state index contributed by atoms with van der Waals surface area (Å²) in [6.45, 7) is 17.5. The number of carbonyl (C=O) groups excluding carboxylic acids is 4. The van der Waals surface area contributed by atoms with E-state index in [4.69, 9.17) is 9.47 Å². The molecule has 0 bridgehead atoms. The number of esters is 1. The summed E-state index contributed by atoms with van der Waals surface area (Å²) >= 11 is 0. The van der Waals surface area contributed by atoms with Crippen molar-refractivity contribution in [1.82, 2.24) is 15.5 Å². The highest BCUT2D eigenvalue weighted by atomic mass is 16.6. The summed E-state index contributed by atoms with van der Waals surface area (Å²) in [5.74, 6) is -0.675. The Bertz CT molecular complexity index is 942. The second-order valence-electron chi connectivity index (χ2n) is 12.1. The number of ether oxygens (including phenoxy) is 2. The maximum absolute atomic E-state index is 14.4. The quantitative estimate of drug-likeness (QED) is 0.278. The van der Waals surface area contributed by atoms with Gasteiger partial charge in [-0.2, -0.15) is 0 Å². The molecule has 0 saturated heterocycles. The van der Waals surface area contributed by atoms with Crippen LogP contribution < -0.4 is 10.6 Å². The van der Waals surface area contributed by atoms with Crippen molar-refractivity contribution in [2.75, 3.05) is 13.2 Å². The van der Waals surface area contributed by atoms with Crippen LogP contribution in [-0.2, 0) is 23.9 Å². The van der Waals surface area contributed by atoms with E-state index < -0.39 is 35.7 Å². The molecule has 0 radical (unpaired) electrons. The van der Waals surface area contributed by atoms with Crippen LogP contribution >= 0.6 is 0 Å². The number of nitrogens with one attached hydrogen (secondary N) is 2. The Balaban J connectivity index is 3.49. The van der Waals surface area contributed by atoms with Gasteiger partial charge in [0, 0.05) is 12.6 Å². The van der Waals surface area contributed by atoms with Crippen LogP contribution in [0.4, 0.5) is 4.79 Å². The van der Waals surface area contributed by atoms with Crippen LogP contribution in [0, 0.1) is 11.8 Å². The lowest BCUT2D eigenvalue weighted by molar-refractivity contribution is -0.146. The van der Waals surface area contributed by atoms with Crippen LogP contribution in [0.1, 0.15) is 99.6 Å². The van der Waals surface area contributed by atoms with Crippen molar-refractivity contribution in [3.05, 3.63) is 35.9 Å². The zero-order valence-electron chi connectivity index (χ0n) is 25.9. The third kappa shape index (κ3) is 12.8. The van der Waals surface area contributed by atoms with E-state index in [9.17, 15) is 19.2 Å². The molecule has 3 atom stereocenters. The van der Waals surface area contributed by atoms with E-state index in [1.54, 1.807) is 32.6 Å². The summed E-state index contributed by atoms with van der Waals surface area (Å²) in [6.07, 6.45) is 1.23. The second kappa shape index (κ2) is 16.9. The summed E-state index contributed by atoms with van der Waals surface area (Å²) < 4.78 is 10.4. The summed E-state index contributed by atoms with van der Waals surface area (Å²) in [6, 6.07) is 6.93. The Morgan fingerprint density at radius 3 is 2.08 bits per heavy atom. The SMILES string of the molecule is CCOC(=O)CCNC(=O)C(c1ccccc1)N(C(=O)C(CC(C)C)NC(=O)OC(C)(C)C)C(C)CCC(C)C. The predicted molar refractivity (Wildman–Crippen MR) is 156 cm³/mol. The molecule has 1 rings (SSSR count). The Labute approximate surface area is 240 Å². The standard InChI is InChI=1S/C31H51N3O6/c1-10-39-26(35)18-19-32-28(36)27(24-14-12-11-13-15-24)34(23(6)17-16-21(2)3)29(37)25(20-22(4)5)33-30(38)40-31(7,8)9/h11-15,21-23,25,27H,10,16-20H2,1-9H3,(H,32,36)(H,33,38). The van der Waals surface area contributed by atoms with Gasteiger partial charge in [0.2, 0.25) is 11.8 Å². The maximum atomic E-state index is 14.4. The lowest BCUT2D eigenvalue weighted by Gasteiger charge is -2.39. The third-order valence-electron chi connectivity index (χ3n) is 6.16. The minimum absolute atomic E-state index is 0.0219. The largest absolute Gasteiger partial charge is 0.466 e. The molecule has 0 heterocycles. The molecule has 2 N–H and O–H groups in total. The van der Waals surface area contributed by atoms with Crippen molar-refractivity contribution >= 4 is 23.9 Å². The van der Waals surface area contributed by atoms with Gasteiger partial charge in [-0.15, -0.1) is 0 Å². The van der Waals surface area contributed by atoms with Gasteiger partial charge in [0.15, 0.2) is 0 Å². The molecule has 9 heteroatoms. The Morgan fingerprint density at radius 2 is 1.55 bits per heavy atom. The van der Waals surface area contributed by atoms with E-state index in [0.717, 1.165) is 6.42 Å². The Morgan fingerprint density at radius 1 is 0.925 bits per heavy atom. The molecule has 0 spiro atoms. The molecule has 0 saturated carbocycles. The topological polar surface area (TPSA) is 114 Å². The fraction of sp³-hybridized carbons (Fsp3) is 0.677. The monoisotopic (exact) mass is 561 g/mol. The highest BCUT2D eigenvalue weighted by Gasteiger charge is 2.39. The lowest BCUT2D eigenvalue weighted by atomic mass is 9.95. The molecular weight excluding hydrogens is 510 g/mol. The van der Waals surface area contributed by atoms with Gasteiger partial charge in [0.25, 0.3) is 0 Å². The smallest absolute Gasteiger partial charge is 0.408 e. The highest BCUT2D eigenvalue weighted by molar-refractivity contribution is 5.92. The van der Waals surface area contributed by atoms with Crippen molar-refractivity contribution in [1.29, 1.82) is 0 Å². The van der Waals surface area contributed by atoms with Crippen LogP contribution in [0.2, 0.25) is 0 Å². The van der Waals surface area contributed by atoms with E-state index in [1.165, 1.54) is 0 Å². The van der Waals surface area contributed by atoms with Crippen molar-refractivity contribution in [2.24, 2.45) is 11.8 Å². The molecule has 0 aliphatic carbocycles. The van der Waals surface area contributed by atoms with Crippen molar-refractivity contribution in [3.63, 3.8) is 0 Å². The fourth-order valence-electron chi connectivity index (χ4n) is 4.33. The zero-order valence-corrected chi connectivity index (χ0v) is 25.9. The third-order valence-corrected chi connectivity index (χ3v) is 6.16. The van der Waals surface area contributed by atoms with Gasteiger partial charge < -0.3 is 25.0 Å². The van der Waals surface area contributed by atoms with E-state index in [1.807, 2.05) is 51.1 Å². The summed E-state index contributed by atoms with van der Waals surface area (Å²) in [5.41, 5.74) is -0.0908. The van der Waals surface area contributed by atoms with E-state index in [0.29, 0.717) is 24.3 Å². The first-order valence-electron chi connectivity index (χ1n) is 14.5. The Kier molecular flexibility index (Phi) is 14.7. The van der Waals surface area contributed by atoms with Crippen LogP contribution in [0.5, 0.6) is 0 Å². The Hall–Kier alpha value is -3.10. The average molecular weight is 562 g/mol. The van der Waals surface area contributed by atoms with Crippen molar-refractivity contribution < 1.29 is 28.7 Å².